The lowest BCUT2D eigenvalue weighted by molar-refractivity contribution is 0.628. The number of para-hydroxylation sites is 1. The molecule has 0 aliphatic rings. The van der Waals surface area contributed by atoms with E-state index in [1.54, 1.807) is 12.1 Å². The second kappa shape index (κ2) is 12.6. The van der Waals surface area contributed by atoms with E-state index >= 15 is 0 Å². The minimum atomic E-state index is -0.306. The summed E-state index contributed by atoms with van der Waals surface area (Å²) in [6.45, 7) is 2.12. The summed E-state index contributed by atoms with van der Waals surface area (Å²) >= 11 is 0. The summed E-state index contributed by atoms with van der Waals surface area (Å²) < 4.78 is 17.1. The van der Waals surface area contributed by atoms with Crippen LogP contribution in [-0.4, -0.2) is 19.5 Å². The van der Waals surface area contributed by atoms with E-state index in [-0.39, 0.29) is 5.82 Å². The van der Waals surface area contributed by atoms with E-state index in [1.165, 1.54) is 17.2 Å². The first-order chi connectivity index (χ1) is 25.1. The van der Waals surface area contributed by atoms with Gasteiger partial charge in [-0.2, -0.15) is 0 Å². The highest BCUT2D eigenvalue weighted by molar-refractivity contribution is 6.10. The quantitative estimate of drug-likeness (QED) is 0.179. The maximum Gasteiger partial charge on any atom is 0.164 e. The van der Waals surface area contributed by atoms with E-state index in [0.717, 1.165) is 60.9 Å². The van der Waals surface area contributed by atoms with Crippen molar-refractivity contribution >= 4 is 21.8 Å². The van der Waals surface area contributed by atoms with E-state index in [2.05, 4.69) is 96.4 Å². The molecule has 0 fully saturated rings. The van der Waals surface area contributed by atoms with Crippen LogP contribution < -0.4 is 0 Å². The van der Waals surface area contributed by atoms with Crippen molar-refractivity contribution in [3.8, 4) is 62.1 Å². The van der Waals surface area contributed by atoms with Gasteiger partial charge in [0.1, 0.15) is 5.82 Å². The Hall–Kier alpha value is -6.72. The maximum absolute atomic E-state index is 14.8. The van der Waals surface area contributed by atoms with Crippen molar-refractivity contribution in [2.24, 2.45) is 0 Å². The van der Waals surface area contributed by atoms with E-state index in [0.29, 0.717) is 17.5 Å². The standard InChI is InChI=1S/C46H31FN4/c1-30-12-10-17-33(26-30)34-22-24-40-39-20-8-9-21-42(39)51(43(40)28-34)37-23-25-38(35-18-11-19-36(47)27-35)41(29-37)46-49-44(31-13-4-2-5-14-31)48-45(50-46)32-15-6-3-7-16-32/h2-29H,1H3. The molecule has 0 spiro atoms. The molecule has 242 valence electrons. The first kappa shape index (κ1) is 30.3. The third-order valence-electron chi connectivity index (χ3n) is 9.36. The number of aryl methyl sites for hydroxylation is 1. The van der Waals surface area contributed by atoms with Crippen molar-refractivity contribution in [2.75, 3.05) is 0 Å². The SMILES string of the molecule is Cc1cccc(-c2ccc3c4ccccc4n(-c4ccc(-c5cccc(F)c5)c(-c5nc(-c6ccccc6)nc(-c6ccccc6)n5)c4)c3c2)c1. The molecule has 0 atom stereocenters. The molecule has 51 heavy (non-hydrogen) atoms. The summed E-state index contributed by atoms with van der Waals surface area (Å²) in [5.74, 6) is 1.33. The molecule has 4 nitrogen and oxygen atoms in total. The van der Waals surface area contributed by atoms with Gasteiger partial charge in [-0.1, -0.05) is 139 Å². The van der Waals surface area contributed by atoms with Gasteiger partial charge in [0.15, 0.2) is 17.5 Å². The highest BCUT2D eigenvalue weighted by Crippen LogP contribution is 2.39. The highest BCUT2D eigenvalue weighted by Gasteiger charge is 2.19. The molecule has 0 aliphatic heterocycles. The van der Waals surface area contributed by atoms with Crippen molar-refractivity contribution < 1.29 is 4.39 Å². The van der Waals surface area contributed by atoms with Crippen molar-refractivity contribution in [3.63, 3.8) is 0 Å². The van der Waals surface area contributed by atoms with Crippen LogP contribution in [0, 0.1) is 12.7 Å². The van der Waals surface area contributed by atoms with Crippen LogP contribution in [0.1, 0.15) is 5.56 Å². The van der Waals surface area contributed by atoms with Crippen LogP contribution in [0.5, 0.6) is 0 Å². The number of aromatic nitrogens is 4. The predicted molar refractivity (Wildman–Crippen MR) is 206 cm³/mol. The van der Waals surface area contributed by atoms with Gasteiger partial charge in [0.25, 0.3) is 0 Å². The zero-order chi connectivity index (χ0) is 34.3. The van der Waals surface area contributed by atoms with Crippen molar-refractivity contribution in [2.45, 2.75) is 6.92 Å². The lowest BCUT2D eigenvalue weighted by Gasteiger charge is -2.16. The molecule has 5 heteroatoms. The molecule has 0 amide bonds. The fraction of sp³-hybridized carbons (Fsp3) is 0.0217. The molecule has 7 aromatic carbocycles. The minimum Gasteiger partial charge on any atom is -0.309 e. The zero-order valence-corrected chi connectivity index (χ0v) is 27.8. The lowest BCUT2D eigenvalue weighted by Crippen LogP contribution is -2.02. The van der Waals surface area contributed by atoms with Gasteiger partial charge in [-0.3, -0.25) is 0 Å². The molecule has 2 heterocycles. The van der Waals surface area contributed by atoms with Crippen LogP contribution >= 0.6 is 0 Å². The van der Waals surface area contributed by atoms with Crippen LogP contribution in [0.2, 0.25) is 0 Å². The summed E-state index contributed by atoms with van der Waals surface area (Å²) in [7, 11) is 0. The van der Waals surface area contributed by atoms with E-state index in [9.17, 15) is 4.39 Å². The van der Waals surface area contributed by atoms with Crippen LogP contribution in [0.4, 0.5) is 4.39 Å². The zero-order valence-electron chi connectivity index (χ0n) is 27.8. The Balaban J connectivity index is 1.33. The van der Waals surface area contributed by atoms with Gasteiger partial charge in [0, 0.05) is 33.2 Å². The summed E-state index contributed by atoms with van der Waals surface area (Å²) in [5.41, 5.74) is 10.7. The van der Waals surface area contributed by atoms with Gasteiger partial charge in [0.05, 0.1) is 11.0 Å². The number of fused-ring (bicyclic) bond motifs is 3. The Bertz CT molecular complexity index is 2660. The Labute approximate surface area is 295 Å². The summed E-state index contributed by atoms with van der Waals surface area (Å²) in [6, 6.07) is 56.6. The van der Waals surface area contributed by atoms with Gasteiger partial charge in [-0.15, -0.1) is 0 Å². The summed E-state index contributed by atoms with van der Waals surface area (Å²) in [4.78, 5) is 15.1. The number of hydrogen-bond donors (Lipinski definition) is 0. The first-order valence-electron chi connectivity index (χ1n) is 17.0. The monoisotopic (exact) mass is 658 g/mol. The van der Waals surface area contributed by atoms with Crippen molar-refractivity contribution in [3.05, 3.63) is 181 Å². The smallest absolute Gasteiger partial charge is 0.164 e. The predicted octanol–water partition coefficient (Wildman–Crippen LogP) is 11.8. The fourth-order valence-corrected chi connectivity index (χ4v) is 6.95. The number of hydrogen-bond acceptors (Lipinski definition) is 3. The topological polar surface area (TPSA) is 43.6 Å². The molecule has 2 aromatic heterocycles. The van der Waals surface area contributed by atoms with Gasteiger partial charge < -0.3 is 4.57 Å². The minimum absolute atomic E-state index is 0.306. The molecule has 0 aliphatic carbocycles. The van der Waals surface area contributed by atoms with Crippen LogP contribution in [0.15, 0.2) is 170 Å². The molecular formula is C46H31FN4. The largest absolute Gasteiger partial charge is 0.309 e. The summed E-state index contributed by atoms with van der Waals surface area (Å²) in [6.07, 6.45) is 0. The van der Waals surface area contributed by atoms with E-state index in [1.807, 2.05) is 66.7 Å². The average molecular weight is 659 g/mol. The van der Waals surface area contributed by atoms with E-state index in [4.69, 9.17) is 15.0 Å². The molecule has 0 radical (unpaired) electrons. The molecule has 0 saturated carbocycles. The first-order valence-corrected chi connectivity index (χ1v) is 17.0. The van der Waals surface area contributed by atoms with Crippen molar-refractivity contribution in [1.82, 2.24) is 19.5 Å². The van der Waals surface area contributed by atoms with Gasteiger partial charge in [-0.05, 0) is 65.6 Å². The number of rotatable bonds is 6. The fourth-order valence-electron chi connectivity index (χ4n) is 6.95. The van der Waals surface area contributed by atoms with Crippen LogP contribution in [0.3, 0.4) is 0 Å². The Morgan fingerprint density at radius 3 is 1.75 bits per heavy atom. The maximum atomic E-state index is 14.8. The van der Waals surface area contributed by atoms with Gasteiger partial charge in [-0.25, -0.2) is 19.3 Å². The Kier molecular flexibility index (Phi) is 7.51. The molecule has 0 N–H and O–H groups in total. The second-order valence-electron chi connectivity index (χ2n) is 12.7. The third-order valence-corrected chi connectivity index (χ3v) is 9.36. The normalized spacial score (nSPS) is 11.3. The molecule has 9 aromatic rings. The van der Waals surface area contributed by atoms with Crippen LogP contribution in [-0.2, 0) is 0 Å². The Morgan fingerprint density at radius 2 is 1.02 bits per heavy atom. The number of nitrogens with zero attached hydrogens (tertiary/aromatic N) is 4. The molecule has 0 bridgehead atoms. The summed E-state index contributed by atoms with van der Waals surface area (Å²) in [5, 5.41) is 2.33. The molecular weight excluding hydrogens is 628 g/mol. The average Bonchev–Trinajstić information content (AvgIpc) is 3.52. The third kappa shape index (κ3) is 5.65. The van der Waals surface area contributed by atoms with Gasteiger partial charge in [0.2, 0.25) is 0 Å². The highest BCUT2D eigenvalue weighted by atomic mass is 19.1. The molecule has 0 unspecified atom stereocenters. The van der Waals surface area contributed by atoms with E-state index < -0.39 is 0 Å². The van der Waals surface area contributed by atoms with Gasteiger partial charge >= 0.3 is 0 Å². The number of benzene rings is 7. The van der Waals surface area contributed by atoms with Crippen LogP contribution in [0.25, 0.3) is 83.9 Å². The number of halogens is 1. The molecule has 9 rings (SSSR count). The second-order valence-corrected chi connectivity index (χ2v) is 12.7. The lowest BCUT2D eigenvalue weighted by atomic mass is 9.98. The molecule has 0 saturated heterocycles. The Morgan fingerprint density at radius 1 is 0.412 bits per heavy atom. The van der Waals surface area contributed by atoms with Crippen molar-refractivity contribution in [1.29, 1.82) is 0 Å².